The zero-order valence-corrected chi connectivity index (χ0v) is 11.7. The molecule has 1 heterocycles. The summed E-state index contributed by atoms with van der Waals surface area (Å²) < 4.78 is 26.9. The van der Waals surface area contributed by atoms with Gasteiger partial charge in [-0.2, -0.15) is 10.4 Å². The Bertz CT molecular complexity index is 802. The van der Waals surface area contributed by atoms with Gasteiger partial charge in [-0.1, -0.05) is 0 Å². The first-order valence-electron chi connectivity index (χ1n) is 5.69. The van der Waals surface area contributed by atoms with Crippen LogP contribution >= 0.6 is 0 Å². The largest absolute Gasteiger partial charge is 0.398 e. The lowest BCUT2D eigenvalue weighted by molar-refractivity contribution is 0.601. The number of nitrogens with two attached hydrogens (primary N) is 1. The van der Waals surface area contributed by atoms with Crippen LogP contribution in [0.5, 0.6) is 0 Å². The SMILES string of the molecule is Cc1[nH]nc(NS(=O)(=O)c2ccc(C#N)cc2N)c1C. The van der Waals surface area contributed by atoms with Crippen LogP contribution in [0.25, 0.3) is 0 Å². The molecule has 0 aliphatic carbocycles. The van der Waals surface area contributed by atoms with Crippen LogP contribution in [-0.2, 0) is 10.0 Å². The molecule has 8 heteroatoms. The molecule has 0 saturated heterocycles. The van der Waals surface area contributed by atoms with Crippen LogP contribution in [0.4, 0.5) is 11.5 Å². The van der Waals surface area contributed by atoms with Gasteiger partial charge in [0.25, 0.3) is 10.0 Å². The molecule has 0 bridgehead atoms. The highest BCUT2D eigenvalue weighted by Gasteiger charge is 2.20. The first kappa shape index (κ1) is 13.9. The quantitative estimate of drug-likeness (QED) is 0.735. The number of rotatable bonds is 3. The minimum atomic E-state index is -3.85. The van der Waals surface area contributed by atoms with Crippen LogP contribution in [0.2, 0.25) is 0 Å². The van der Waals surface area contributed by atoms with Crippen LogP contribution in [-0.4, -0.2) is 18.6 Å². The maximum Gasteiger partial charge on any atom is 0.265 e. The van der Waals surface area contributed by atoms with Crippen LogP contribution in [0, 0.1) is 25.2 Å². The number of aromatic amines is 1. The maximum atomic E-state index is 12.3. The number of nitrogen functional groups attached to an aromatic ring is 1. The van der Waals surface area contributed by atoms with E-state index in [1.54, 1.807) is 13.8 Å². The van der Waals surface area contributed by atoms with Crippen molar-refractivity contribution in [3.63, 3.8) is 0 Å². The smallest absolute Gasteiger partial charge is 0.265 e. The maximum absolute atomic E-state index is 12.3. The van der Waals surface area contributed by atoms with E-state index in [9.17, 15) is 8.42 Å². The normalized spacial score (nSPS) is 11.1. The summed E-state index contributed by atoms with van der Waals surface area (Å²) in [5, 5.41) is 15.3. The number of hydrogen-bond donors (Lipinski definition) is 3. The Morgan fingerprint density at radius 2 is 2.10 bits per heavy atom. The lowest BCUT2D eigenvalue weighted by atomic mass is 10.2. The first-order chi connectivity index (χ1) is 9.35. The molecule has 7 nitrogen and oxygen atoms in total. The molecule has 0 unspecified atom stereocenters. The molecule has 1 aromatic carbocycles. The number of nitriles is 1. The van der Waals surface area contributed by atoms with Gasteiger partial charge in [-0.15, -0.1) is 0 Å². The molecule has 0 saturated carbocycles. The Hall–Kier alpha value is -2.53. The lowest BCUT2D eigenvalue weighted by Crippen LogP contribution is -2.15. The van der Waals surface area contributed by atoms with Gasteiger partial charge in [0, 0.05) is 11.3 Å². The molecule has 104 valence electrons. The average Bonchev–Trinajstić information content (AvgIpc) is 2.69. The van der Waals surface area contributed by atoms with Gasteiger partial charge in [0.05, 0.1) is 17.3 Å². The van der Waals surface area contributed by atoms with E-state index in [1.165, 1.54) is 18.2 Å². The number of hydrogen-bond acceptors (Lipinski definition) is 5. The topological polar surface area (TPSA) is 125 Å². The summed E-state index contributed by atoms with van der Waals surface area (Å²) in [7, 11) is -3.85. The highest BCUT2D eigenvalue weighted by atomic mass is 32.2. The third-order valence-electron chi connectivity index (χ3n) is 2.91. The summed E-state index contributed by atoms with van der Waals surface area (Å²) >= 11 is 0. The van der Waals surface area contributed by atoms with E-state index in [0.29, 0.717) is 11.1 Å². The predicted molar refractivity (Wildman–Crippen MR) is 74.4 cm³/mol. The van der Waals surface area contributed by atoms with E-state index in [2.05, 4.69) is 14.9 Å². The van der Waals surface area contributed by atoms with Crippen molar-refractivity contribution in [3.8, 4) is 6.07 Å². The zero-order valence-electron chi connectivity index (χ0n) is 10.9. The Kier molecular flexibility index (Phi) is 3.38. The third kappa shape index (κ3) is 2.44. The van der Waals surface area contributed by atoms with E-state index in [0.717, 1.165) is 5.69 Å². The van der Waals surface area contributed by atoms with Crippen molar-refractivity contribution in [3.05, 3.63) is 35.0 Å². The van der Waals surface area contributed by atoms with Crippen LogP contribution in [0.3, 0.4) is 0 Å². The van der Waals surface area contributed by atoms with Gasteiger partial charge in [0.2, 0.25) is 0 Å². The van der Waals surface area contributed by atoms with E-state index >= 15 is 0 Å². The fourth-order valence-electron chi connectivity index (χ4n) is 1.63. The molecule has 0 spiro atoms. The molecule has 0 atom stereocenters. The van der Waals surface area contributed by atoms with Gasteiger partial charge in [-0.25, -0.2) is 8.42 Å². The van der Waals surface area contributed by atoms with Crippen molar-refractivity contribution in [1.82, 2.24) is 10.2 Å². The van der Waals surface area contributed by atoms with Crippen molar-refractivity contribution in [2.45, 2.75) is 18.7 Å². The predicted octanol–water partition coefficient (Wildman–Crippen LogP) is 1.28. The number of H-pyrrole nitrogens is 1. The summed E-state index contributed by atoms with van der Waals surface area (Å²) in [5.41, 5.74) is 7.48. The van der Waals surface area contributed by atoms with Crippen LogP contribution in [0.1, 0.15) is 16.8 Å². The minimum absolute atomic E-state index is 0.0152. The summed E-state index contributed by atoms with van der Waals surface area (Å²) in [4.78, 5) is -0.0865. The molecule has 0 radical (unpaired) electrons. The first-order valence-corrected chi connectivity index (χ1v) is 7.17. The van der Waals surface area contributed by atoms with Gasteiger partial charge < -0.3 is 5.73 Å². The van der Waals surface area contributed by atoms with Crippen LogP contribution in [0.15, 0.2) is 23.1 Å². The standard InChI is InChI=1S/C12H13N5O2S/c1-7-8(2)15-16-12(7)17-20(18,19)11-4-3-9(6-13)5-10(11)14/h3-5H,14H2,1-2H3,(H2,15,16,17). The fraction of sp³-hybridized carbons (Fsp3) is 0.167. The monoisotopic (exact) mass is 291 g/mol. The Morgan fingerprint density at radius 3 is 2.60 bits per heavy atom. The number of nitrogens with zero attached hydrogens (tertiary/aromatic N) is 2. The van der Waals surface area contributed by atoms with Gasteiger partial charge >= 0.3 is 0 Å². The summed E-state index contributed by atoms with van der Waals surface area (Å²) in [6.45, 7) is 3.54. The van der Waals surface area contributed by atoms with Gasteiger partial charge in [-0.05, 0) is 32.0 Å². The highest BCUT2D eigenvalue weighted by Crippen LogP contribution is 2.23. The summed E-state index contributed by atoms with van der Waals surface area (Å²) in [6.07, 6.45) is 0. The van der Waals surface area contributed by atoms with E-state index in [1.807, 2.05) is 6.07 Å². The second kappa shape index (κ2) is 4.86. The number of aromatic nitrogens is 2. The number of aryl methyl sites for hydroxylation is 1. The Balaban J connectivity index is 2.41. The number of anilines is 2. The average molecular weight is 291 g/mol. The molecule has 2 rings (SSSR count). The van der Waals surface area contributed by atoms with Crippen molar-refractivity contribution in [2.24, 2.45) is 0 Å². The zero-order chi connectivity index (χ0) is 14.9. The van der Waals surface area contributed by atoms with Crippen molar-refractivity contribution in [1.29, 1.82) is 5.26 Å². The molecule has 0 fully saturated rings. The molecule has 0 aliphatic rings. The Morgan fingerprint density at radius 1 is 1.40 bits per heavy atom. The van der Waals surface area contributed by atoms with Gasteiger partial charge in [-0.3, -0.25) is 9.82 Å². The summed E-state index contributed by atoms with van der Waals surface area (Å²) in [6, 6.07) is 5.91. The molecular weight excluding hydrogens is 278 g/mol. The fourth-order valence-corrected chi connectivity index (χ4v) is 2.81. The molecule has 20 heavy (non-hydrogen) atoms. The van der Waals surface area contributed by atoms with E-state index in [4.69, 9.17) is 11.0 Å². The van der Waals surface area contributed by atoms with E-state index < -0.39 is 10.0 Å². The summed E-state index contributed by atoms with van der Waals surface area (Å²) in [5.74, 6) is 0.228. The lowest BCUT2D eigenvalue weighted by Gasteiger charge is -2.09. The molecule has 4 N–H and O–H groups in total. The minimum Gasteiger partial charge on any atom is -0.398 e. The molecule has 2 aromatic rings. The Labute approximate surface area is 116 Å². The molecule has 0 aliphatic heterocycles. The number of sulfonamides is 1. The highest BCUT2D eigenvalue weighted by molar-refractivity contribution is 7.92. The molecule has 1 aromatic heterocycles. The van der Waals surface area contributed by atoms with Crippen LogP contribution < -0.4 is 10.5 Å². The van der Waals surface area contributed by atoms with Crippen molar-refractivity contribution in [2.75, 3.05) is 10.5 Å². The number of nitrogens with one attached hydrogen (secondary N) is 2. The van der Waals surface area contributed by atoms with E-state index in [-0.39, 0.29) is 16.4 Å². The second-order valence-corrected chi connectivity index (χ2v) is 5.94. The van der Waals surface area contributed by atoms with Gasteiger partial charge in [0.15, 0.2) is 5.82 Å². The van der Waals surface area contributed by atoms with Gasteiger partial charge in [0.1, 0.15) is 4.90 Å². The number of benzene rings is 1. The molecule has 0 amide bonds. The second-order valence-electron chi connectivity index (χ2n) is 4.29. The molecular formula is C12H13N5O2S. The third-order valence-corrected chi connectivity index (χ3v) is 4.33. The van der Waals surface area contributed by atoms with Crippen molar-refractivity contribution < 1.29 is 8.42 Å². The van der Waals surface area contributed by atoms with Crippen molar-refractivity contribution >= 4 is 21.5 Å².